The van der Waals surface area contributed by atoms with Gasteiger partial charge in [-0.3, -0.25) is 9.36 Å². The molecule has 1 aromatic heterocycles. The lowest BCUT2D eigenvalue weighted by molar-refractivity contribution is 0.103. The normalized spacial score (nSPS) is 10.5. The number of hydrogen-bond donors (Lipinski definition) is 0. The highest BCUT2D eigenvalue weighted by Crippen LogP contribution is 2.20. The molecular formula is C16H12ClN3O. The van der Waals surface area contributed by atoms with Gasteiger partial charge in [-0.05, 0) is 12.1 Å². The summed E-state index contributed by atoms with van der Waals surface area (Å²) in [7, 11) is 0. The Kier molecular flexibility index (Phi) is 3.79. The van der Waals surface area contributed by atoms with Gasteiger partial charge in [0.05, 0.1) is 11.6 Å². The molecule has 0 aliphatic heterocycles. The second kappa shape index (κ2) is 5.89. The highest BCUT2D eigenvalue weighted by atomic mass is 35.5. The van der Waals surface area contributed by atoms with E-state index >= 15 is 0 Å². The molecule has 0 saturated carbocycles. The number of aromatic nitrogens is 3. The summed E-state index contributed by atoms with van der Waals surface area (Å²) in [6.07, 6.45) is 1.56. The molecule has 21 heavy (non-hydrogen) atoms. The molecule has 104 valence electrons. The fraction of sp³-hybridized carbons (Fsp3) is 0.0625. The van der Waals surface area contributed by atoms with Gasteiger partial charge in [0.25, 0.3) is 0 Å². The number of benzene rings is 2. The van der Waals surface area contributed by atoms with Crippen LogP contribution in [-0.2, 0) is 5.88 Å². The topological polar surface area (TPSA) is 47.8 Å². The Labute approximate surface area is 127 Å². The van der Waals surface area contributed by atoms with Crippen molar-refractivity contribution in [3.05, 3.63) is 77.9 Å². The molecule has 2 aromatic carbocycles. The van der Waals surface area contributed by atoms with Crippen molar-refractivity contribution < 1.29 is 4.79 Å². The summed E-state index contributed by atoms with van der Waals surface area (Å²) in [6, 6.07) is 16.5. The first-order valence-corrected chi connectivity index (χ1v) is 6.98. The van der Waals surface area contributed by atoms with Gasteiger partial charge in [-0.1, -0.05) is 42.5 Å². The van der Waals surface area contributed by atoms with Crippen molar-refractivity contribution in [3.8, 4) is 5.69 Å². The molecule has 0 radical (unpaired) electrons. The van der Waals surface area contributed by atoms with Crippen LogP contribution in [-0.4, -0.2) is 20.5 Å². The maximum absolute atomic E-state index is 12.7. The van der Waals surface area contributed by atoms with E-state index in [0.29, 0.717) is 17.0 Å². The number of nitrogens with zero attached hydrogens (tertiary/aromatic N) is 3. The lowest BCUT2D eigenvalue weighted by Gasteiger charge is -2.10. The minimum absolute atomic E-state index is 0.0413. The van der Waals surface area contributed by atoms with Crippen molar-refractivity contribution in [2.75, 3.05) is 0 Å². The average molecular weight is 298 g/mol. The van der Waals surface area contributed by atoms with Crippen LogP contribution in [0.3, 0.4) is 0 Å². The first-order valence-electron chi connectivity index (χ1n) is 6.45. The minimum atomic E-state index is -0.0413. The molecule has 0 N–H and O–H groups in total. The molecule has 0 atom stereocenters. The van der Waals surface area contributed by atoms with E-state index in [-0.39, 0.29) is 11.7 Å². The number of halogens is 1. The molecule has 0 saturated heterocycles. The van der Waals surface area contributed by atoms with Crippen molar-refractivity contribution in [1.29, 1.82) is 0 Å². The van der Waals surface area contributed by atoms with Gasteiger partial charge in [0.15, 0.2) is 11.6 Å². The van der Waals surface area contributed by atoms with Crippen molar-refractivity contribution in [2.24, 2.45) is 0 Å². The molecule has 4 nitrogen and oxygen atoms in total. The van der Waals surface area contributed by atoms with Gasteiger partial charge >= 0.3 is 0 Å². The van der Waals surface area contributed by atoms with Crippen LogP contribution < -0.4 is 0 Å². The SMILES string of the molecule is O=C(c1ccccc1)c1ccccc1-n1cnnc1CCl. The molecule has 0 spiro atoms. The van der Waals surface area contributed by atoms with Crippen molar-refractivity contribution in [2.45, 2.75) is 5.88 Å². The molecular weight excluding hydrogens is 286 g/mol. The lowest BCUT2D eigenvalue weighted by atomic mass is 10.0. The van der Waals surface area contributed by atoms with Gasteiger partial charge in [-0.25, -0.2) is 0 Å². The Morgan fingerprint density at radius 2 is 1.76 bits per heavy atom. The van der Waals surface area contributed by atoms with Crippen LogP contribution in [0.4, 0.5) is 0 Å². The standard InChI is InChI=1S/C16H12ClN3O/c17-10-15-19-18-11-20(15)14-9-5-4-8-13(14)16(21)12-6-2-1-3-7-12/h1-9,11H,10H2. The smallest absolute Gasteiger partial charge is 0.195 e. The van der Waals surface area contributed by atoms with Crippen LogP contribution in [0.5, 0.6) is 0 Å². The highest BCUT2D eigenvalue weighted by molar-refractivity contribution is 6.16. The number of carbonyl (C=O) groups is 1. The first kappa shape index (κ1) is 13.5. The van der Waals surface area contributed by atoms with E-state index in [9.17, 15) is 4.79 Å². The number of para-hydroxylation sites is 1. The lowest BCUT2D eigenvalue weighted by Crippen LogP contribution is -2.08. The van der Waals surface area contributed by atoms with Crippen LogP contribution in [0.25, 0.3) is 5.69 Å². The van der Waals surface area contributed by atoms with Crippen molar-refractivity contribution in [3.63, 3.8) is 0 Å². The van der Waals surface area contributed by atoms with E-state index in [1.54, 1.807) is 29.1 Å². The number of alkyl halides is 1. The van der Waals surface area contributed by atoms with Crippen LogP contribution in [0, 0.1) is 0 Å². The van der Waals surface area contributed by atoms with E-state index in [4.69, 9.17) is 11.6 Å². The summed E-state index contributed by atoms with van der Waals surface area (Å²) in [5.41, 5.74) is 1.97. The first-order chi connectivity index (χ1) is 10.3. The number of ketones is 1. The highest BCUT2D eigenvalue weighted by Gasteiger charge is 2.16. The molecule has 0 aliphatic carbocycles. The Morgan fingerprint density at radius 1 is 1.05 bits per heavy atom. The van der Waals surface area contributed by atoms with Crippen molar-refractivity contribution >= 4 is 17.4 Å². The predicted octanol–water partition coefficient (Wildman–Crippen LogP) is 3.24. The molecule has 0 fully saturated rings. The largest absolute Gasteiger partial charge is 0.289 e. The van der Waals surface area contributed by atoms with Gasteiger partial charge in [-0.15, -0.1) is 21.8 Å². The van der Waals surface area contributed by atoms with Crippen LogP contribution in [0.15, 0.2) is 60.9 Å². The molecule has 5 heteroatoms. The second-order valence-corrected chi connectivity index (χ2v) is 4.73. The molecule has 3 aromatic rings. The maximum atomic E-state index is 12.7. The number of carbonyl (C=O) groups excluding carboxylic acids is 1. The van der Waals surface area contributed by atoms with Crippen LogP contribution >= 0.6 is 11.6 Å². The van der Waals surface area contributed by atoms with E-state index in [1.807, 2.05) is 36.4 Å². The molecule has 0 unspecified atom stereocenters. The summed E-state index contributed by atoms with van der Waals surface area (Å²) in [6.45, 7) is 0. The quantitative estimate of drug-likeness (QED) is 0.549. The number of hydrogen-bond acceptors (Lipinski definition) is 3. The summed E-state index contributed by atoms with van der Waals surface area (Å²) < 4.78 is 1.74. The molecule has 3 rings (SSSR count). The minimum Gasteiger partial charge on any atom is -0.289 e. The third-order valence-corrected chi connectivity index (χ3v) is 3.42. The monoisotopic (exact) mass is 297 g/mol. The maximum Gasteiger partial charge on any atom is 0.195 e. The van der Waals surface area contributed by atoms with Gasteiger partial charge < -0.3 is 0 Å². The van der Waals surface area contributed by atoms with E-state index in [1.165, 1.54) is 0 Å². The predicted molar refractivity (Wildman–Crippen MR) is 80.8 cm³/mol. The zero-order valence-corrected chi connectivity index (χ0v) is 11.9. The van der Waals surface area contributed by atoms with Crippen LogP contribution in [0.2, 0.25) is 0 Å². The van der Waals surface area contributed by atoms with Gasteiger partial charge in [-0.2, -0.15) is 0 Å². The fourth-order valence-electron chi connectivity index (χ4n) is 2.17. The summed E-state index contributed by atoms with van der Waals surface area (Å²) in [5.74, 6) is 0.791. The third kappa shape index (κ3) is 2.58. The summed E-state index contributed by atoms with van der Waals surface area (Å²) in [5, 5.41) is 7.81. The van der Waals surface area contributed by atoms with Gasteiger partial charge in [0.1, 0.15) is 6.33 Å². The molecule has 0 bridgehead atoms. The Morgan fingerprint density at radius 3 is 2.52 bits per heavy atom. The third-order valence-electron chi connectivity index (χ3n) is 3.18. The zero-order chi connectivity index (χ0) is 14.7. The van der Waals surface area contributed by atoms with E-state index in [0.717, 1.165) is 5.69 Å². The molecule has 0 aliphatic rings. The Bertz CT molecular complexity index is 768. The molecule has 1 heterocycles. The van der Waals surface area contributed by atoms with Gasteiger partial charge in [0.2, 0.25) is 0 Å². The van der Waals surface area contributed by atoms with E-state index in [2.05, 4.69) is 10.2 Å². The second-order valence-electron chi connectivity index (χ2n) is 4.46. The van der Waals surface area contributed by atoms with E-state index < -0.39 is 0 Å². The summed E-state index contributed by atoms with van der Waals surface area (Å²) in [4.78, 5) is 12.7. The zero-order valence-electron chi connectivity index (χ0n) is 11.1. The Hall–Kier alpha value is -2.46. The fourth-order valence-corrected chi connectivity index (χ4v) is 2.35. The average Bonchev–Trinajstić information content (AvgIpc) is 3.03. The Balaban J connectivity index is 2.11. The summed E-state index contributed by atoms with van der Waals surface area (Å²) >= 11 is 5.86. The molecule has 0 amide bonds. The van der Waals surface area contributed by atoms with Crippen molar-refractivity contribution in [1.82, 2.24) is 14.8 Å². The van der Waals surface area contributed by atoms with Gasteiger partial charge in [0, 0.05) is 11.1 Å². The number of rotatable bonds is 4. The van der Waals surface area contributed by atoms with Crippen LogP contribution in [0.1, 0.15) is 21.7 Å².